The number of hydrogen-bond acceptors (Lipinski definition) is 5. The van der Waals surface area contributed by atoms with Crippen LogP contribution in [0, 0.1) is 0 Å². The van der Waals surface area contributed by atoms with E-state index in [0.29, 0.717) is 25.9 Å². The third-order valence-corrected chi connectivity index (χ3v) is 13.2. The van der Waals surface area contributed by atoms with Gasteiger partial charge in [-0.15, -0.1) is 0 Å². The molecule has 2 atom stereocenters. The first-order valence-electron chi connectivity index (χ1n) is 28.6. The SMILES string of the molecule is CCCCC/C=C\CCCCCCCC(=O)OCCCCCCCC/C=C\CCCCCC(=O)NC(CO)C(O)CCCCCCCCCCCCCCCCCCCCCCCC. The van der Waals surface area contributed by atoms with E-state index in [1.165, 1.54) is 205 Å². The van der Waals surface area contributed by atoms with Crippen LogP contribution in [-0.4, -0.2) is 47.4 Å². The van der Waals surface area contributed by atoms with Crippen molar-refractivity contribution < 1.29 is 24.5 Å². The molecular weight excluding hydrogens is 791 g/mol. The van der Waals surface area contributed by atoms with E-state index in [2.05, 4.69) is 43.5 Å². The molecule has 64 heavy (non-hydrogen) atoms. The van der Waals surface area contributed by atoms with Crippen molar-refractivity contribution in [2.75, 3.05) is 13.2 Å². The standard InChI is InChI=1S/C58H111NO5/c1-3-5-7-9-11-13-15-17-18-19-20-21-22-23-24-25-27-30-34-38-42-46-50-56(61)55(54-60)59-57(62)51-47-43-39-35-31-28-26-29-33-37-41-45-49-53-64-58(63)52-48-44-40-36-32-16-14-12-10-8-6-4-2/h12,14,28,31,55-56,60-61H,3-11,13,15-27,29-30,32-54H2,1-2H3,(H,59,62)/b14-12-,31-28-. The largest absolute Gasteiger partial charge is 0.466 e. The van der Waals surface area contributed by atoms with Crippen LogP contribution >= 0.6 is 0 Å². The van der Waals surface area contributed by atoms with E-state index in [9.17, 15) is 19.8 Å². The molecule has 2 unspecified atom stereocenters. The van der Waals surface area contributed by atoms with Crippen molar-refractivity contribution in [3.8, 4) is 0 Å². The third-order valence-electron chi connectivity index (χ3n) is 13.2. The van der Waals surface area contributed by atoms with Gasteiger partial charge in [0.15, 0.2) is 0 Å². The van der Waals surface area contributed by atoms with Gasteiger partial charge in [0.25, 0.3) is 0 Å². The Morgan fingerprint density at radius 1 is 0.422 bits per heavy atom. The molecule has 6 nitrogen and oxygen atoms in total. The maximum Gasteiger partial charge on any atom is 0.305 e. The fourth-order valence-corrected chi connectivity index (χ4v) is 8.81. The highest BCUT2D eigenvalue weighted by atomic mass is 16.5. The number of amides is 1. The second kappa shape index (κ2) is 54.0. The van der Waals surface area contributed by atoms with Crippen LogP contribution in [-0.2, 0) is 14.3 Å². The first-order valence-corrected chi connectivity index (χ1v) is 28.6. The van der Waals surface area contributed by atoms with Crippen LogP contribution in [0.5, 0.6) is 0 Å². The highest BCUT2D eigenvalue weighted by molar-refractivity contribution is 5.76. The smallest absolute Gasteiger partial charge is 0.305 e. The Morgan fingerprint density at radius 2 is 0.734 bits per heavy atom. The van der Waals surface area contributed by atoms with Gasteiger partial charge in [-0.2, -0.15) is 0 Å². The summed E-state index contributed by atoms with van der Waals surface area (Å²) in [4.78, 5) is 24.5. The van der Waals surface area contributed by atoms with Crippen LogP contribution < -0.4 is 5.32 Å². The molecule has 0 saturated carbocycles. The number of hydrogen-bond donors (Lipinski definition) is 3. The molecule has 0 spiro atoms. The first-order chi connectivity index (χ1) is 31.5. The van der Waals surface area contributed by atoms with E-state index in [1.807, 2.05) is 0 Å². The van der Waals surface area contributed by atoms with Gasteiger partial charge in [0.2, 0.25) is 5.91 Å². The lowest BCUT2D eigenvalue weighted by Gasteiger charge is -2.22. The zero-order chi connectivity index (χ0) is 46.5. The Labute approximate surface area is 399 Å². The van der Waals surface area contributed by atoms with Gasteiger partial charge in [-0.25, -0.2) is 0 Å². The van der Waals surface area contributed by atoms with Crippen molar-refractivity contribution in [3.05, 3.63) is 24.3 Å². The van der Waals surface area contributed by atoms with Gasteiger partial charge in [-0.1, -0.05) is 244 Å². The number of aliphatic hydroxyl groups excluding tert-OH is 2. The molecule has 378 valence electrons. The summed E-state index contributed by atoms with van der Waals surface area (Å²) in [5.74, 6) is -0.0849. The lowest BCUT2D eigenvalue weighted by atomic mass is 10.0. The second-order valence-electron chi connectivity index (χ2n) is 19.6. The maximum absolute atomic E-state index is 12.5. The molecule has 0 rings (SSSR count). The van der Waals surface area contributed by atoms with E-state index in [-0.39, 0.29) is 18.5 Å². The number of esters is 1. The van der Waals surface area contributed by atoms with Gasteiger partial charge in [-0.05, 0) is 77.0 Å². The van der Waals surface area contributed by atoms with E-state index < -0.39 is 12.1 Å². The number of nitrogens with one attached hydrogen (secondary N) is 1. The molecule has 1 amide bonds. The predicted molar refractivity (Wildman–Crippen MR) is 278 cm³/mol. The Morgan fingerprint density at radius 3 is 1.16 bits per heavy atom. The highest BCUT2D eigenvalue weighted by Crippen LogP contribution is 2.17. The molecule has 0 aliphatic heterocycles. The molecule has 6 heteroatoms. The number of aliphatic hydroxyl groups is 2. The summed E-state index contributed by atoms with van der Waals surface area (Å²) in [6, 6.07) is -0.563. The Bertz CT molecular complexity index is 997. The van der Waals surface area contributed by atoms with Crippen molar-refractivity contribution in [1.82, 2.24) is 5.32 Å². The van der Waals surface area contributed by atoms with E-state index >= 15 is 0 Å². The van der Waals surface area contributed by atoms with Crippen LogP contribution in [0.3, 0.4) is 0 Å². The number of carbonyl (C=O) groups is 2. The summed E-state index contributed by atoms with van der Waals surface area (Å²) < 4.78 is 5.44. The van der Waals surface area contributed by atoms with Crippen molar-refractivity contribution in [3.63, 3.8) is 0 Å². The average molecular weight is 903 g/mol. The molecule has 3 N–H and O–H groups in total. The van der Waals surface area contributed by atoms with Crippen molar-refractivity contribution in [1.29, 1.82) is 0 Å². The molecule has 0 aliphatic rings. The molecule has 0 aliphatic carbocycles. The summed E-state index contributed by atoms with van der Waals surface area (Å²) in [6.45, 7) is 4.90. The Hall–Kier alpha value is -1.66. The third kappa shape index (κ3) is 49.8. The number of unbranched alkanes of at least 4 members (excludes halogenated alkanes) is 38. The number of carbonyl (C=O) groups excluding carboxylic acids is 2. The van der Waals surface area contributed by atoms with Gasteiger partial charge < -0.3 is 20.3 Å². The molecule has 0 aromatic rings. The maximum atomic E-state index is 12.5. The number of ether oxygens (including phenoxy) is 1. The lowest BCUT2D eigenvalue weighted by Crippen LogP contribution is -2.45. The van der Waals surface area contributed by atoms with Crippen LogP contribution in [0.25, 0.3) is 0 Å². The van der Waals surface area contributed by atoms with Crippen LogP contribution in [0.2, 0.25) is 0 Å². The zero-order valence-corrected chi connectivity index (χ0v) is 43.0. The minimum atomic E-state index is -0.682. The average Bonchev–Trinajstić information content (AvgIpc) is 3.29. The molecule has 0 aromatic heterocycles. The van der Waals surface area contributed by atoms with Crippen LogP contribution in [0.4, 0.5) is 0 Å². The van der Waals surface area contributed by atoms with Gasteiger partial charge >= 0.3 is 5.97 Å². The van der Waals surface area contributed by atoms with E-state index in [4.69, 9.17) is 4.74 Å². The fourth-order valence-electron chi connectivity index (χ4n) is 8.81. The summed E-state index contributed by atoms with van der Waals surface area (Å²) in [6.07, 6.45) is 64.5. The summed E-state index contributed by atoms with van der Waals surface area (Å²) in [7, 11) is 0. The van der Waals surface area contributed by atoms with E-state index in [1.54, 1.807) is 0 Å². The topological polar surface area (TPSA) is 95.9 Å². The zero-order valence-electron chi connectivity index (χ0n) is 43.0. The Kier molecular flexibility index (Phi) is 52.6. The van der Waals surface area contributed by atoms with Gasteiger partial charge in [0.05, 0.1) is 25.4 Å². The molecule has 0 bridgehead atoms. The van der Waals surface area contributed by atoms with Crippen LogP contribution in [0.1, 0.15) is 309 Å². The molecule has 0 radical (unpaired) electrons. The number of rotatable bonds is 53. The van der Waals surface area contributed by atoms with E-state index in [0.717, 1.165) is 70.6 Å². The molecular formula is C58H111NO5. The summed E-state index contributed by atoms with van der Waals surface area (Å²) in [5.41, 5.74) is 0. The highest BCUT2D eigenvalue weighted by Gasteiger charge is 2.20. The monoisotopic (exact) mass is 902 g/mol. The normalized spacial score (nSPS) is 12.8. The van der Waals surface area contributed by atoms with Crippen molar-refractivity contribution >= 4 is 11.9 Å². The first kappa shape index (κ1) is 62.3. The quantitative estimate of drug-likeness (QED) is 0.0321. The predicted octanol–water partition coefficient (Wildman–Crippen LogP) is 17.5. The molecule has 0 heterocycles. The fraction of sp³-hybridized carbons (Fsp3) is 0.897. The van der Waals surface area contributed by atoms with Crippen molar-refractivity contribution in [2.45, 2.75) is 321 Å². The molecule has 0 saturated heterocycles. The summed E-state index contributed by atoms with van der Waals surface area (Å²) in [5, 5.41) is 23.3. The molecule has 0 aromatic carbocycles. The second-order valence-corrected chi connectivity index (χ2v) is 19.6. The van der Waals surface area contributed by atoms with Gasteiger partial charge in [-0.3, -0.25) is 9.59 Å². The lowest BCUT2D eigenvalue weighted by molar-refractivity contribution is -0.143. The van der Waals surface area contributed by atoms with Crippen LogP contribution in [0.15, 0.2) is 24.3 Å². The van der Waals surface area contributed by atoms with Gasteiger partial charge in [0.1, 0.15) is 0 Å². The molecule has 0 fully saturated rings. The number of allylic oxidation sites excluding steroid dienone is 4. The van der Waals surface area contributed by atoms with Crippen molar-refractivity contribution in [2.24, 2.45) is 0 Å². The van der Waals surface area contributed by atoms with Gasteiger partial charge in [0, 0.05) is 12.8 Å². The summed E-state index contributed by atoms with van der Waals surface area (Å²) >= 11 is 0. The Balaban J connectivity index is 3.49. The minimum absolute atomic E-state index is 0.0221. The minimum Gasteiger partial charge on any atom is -0.466 e.